The van der Waals surface area contributed by atoms with Crippen molar-refractivity contribution in [1.29, 1.82) is 0 Å². The highest BCUT2D eigenvalue weighted by molar-refractivity contribution is 5.97. The summed E-state index contributed by atoms with van der Waals surface area (Å²) in [5, 5.41) is 0. The van der Waals surface area contributed by atoms with Crippen molar-refractivity contribution in [2.24, 2.45) is 0 Å². The van der Waals surface area contributed by atoms with Crippen LogP contribution in [0.2, 0.25) is 0 Å². The van der Waals surface area contributed by atoms with E-state index in [9.17, 15) is 14.0 Å². The van der Waals surface area contributed by atoms with Gasteiger partial charge >= 0.3 is 0 Å². The van der Waals surface area contributed by atoms with E-state index in [-0.39, 0.29) is 29.3 Å². The maximum Gasteiger partial charge on any atom is 0.290 e. The Labute approximate surface area is 187 Å². The Morgan fingerprint density at radius 3 is 2.41 bits per heavy atom. The molecule has 3 aromatic rings. The van der Waals surface area contributed by atoms with E-state index in [1.165, 1.54) is 12.1 Å². The molecule has 4 rings (SSSR count). The van der Waals surface area contributed by atoms with E-state index in [1.54, 1.807) is 34.9 Å². The first-order valence-electron chi connectivity index (χ1n) is 10.8. The number of fused-ring (bicyclic) bond motifs is 1. The van der Waals surface area contributed by atoms with Crippen LogP contribution in [0.5, 0.6) is 0 Å². The monoisotopic (exact) mass is 437 g/mol. The topological polar surface area (TPSA) is 66.7 Å². The number of pyridine rings is 1. The van der Waals surface area contributed by atoms with Crippen molar-refractivity contribution in [1.82, 2.24) is 14.8 Å². The molecule has 1 aliphatic heterocycles. The van der Waals surface area contributed by atoms with Gasteiger partial charge in [-0.2, -0.15) is 0 Å². The molecule has 0 aliphatic carbocycles. The Balaban J connectivity index is 1.73. The second-order valence-electron chi connectivity index (χ2n) is 9.29. The lowest BCUT2D eigenvalue weighted by Gasteiger charge is -2.46. The summed E-state index contributed by atoms with van der Waals surface area (Å²) in [6.45, 7) is 11.0. The lowest BCUT2D eigenvalue weighted by molar-refractivity contribution is -0.133. The van der Waals surface area contributed by atoms with Crippen LogP contribution in [-0.2, 0) is 4.79 Å². The predicted molar refractivity (Wildman–Crippen MR) is 121 cm³/mol. The number of amides is 2. The maximum atomic E-state index is 13.4. The number of carbonyl (C=O) groups is 2. The van der Waals surface area contributed by atoms with Crippen LogP contribution in [-0.4, -0.2) is 51.8 Å². The van der Waals surface area contributed by atoms with Crippen LogP contribution < -0.4 is 0 Å². The summed E-state index contributed by atoms with van der Waals surface area (Å²) in [6, 6.07) is 9.82. The quantitative estimate of drug-likeness (QED) is 0.588. The molecule has 1 aromatic carbocycles. The summed E-state index contributed by atoms with van der Waals surface area (Å²) in [7, 11) is 0. The van der Waals surface area contributed by atoms with E-state index >= 15 is 0 Å². The predicted octanol–water partition coefficient (Wildman–Crippen LogP) is 4.84. The second-order valence-corrected chi connectivity index (χ2v) is 9.29. The van der Waals surface area contributed by atoms with Gasteiger partial charge in [0.05, 0.1) is 11.2 Å². The minimum Gasteiger partial charge on any atom is -0.449 e. The first-order chi connectivity index (χ1) is 15.1. The van der Waals surface area contributed by atoms with Crippen molar-refractivity contribution < 1.29 is 18.4 Å². The molecular formula is C25H28FN3O3. The number of furan rings is 1. The summed E-state index contributed by atoms with van der Waals surface area (Å²) in [4.78, 5) is 33.4. The third kappa shape index (κ3) is 3.99. The van der Waals surface area contributed by atoms with Gasteiger partial charge in [0.25, 0.3) is 5.91 Å². The summed E-state index contributed by atoms with van der Waals surface area (Å²) in [6.07, 6.45) is 0. The molecule has 2 amide bonds. The Morgan fingerprint density at radius 2 is 1.81 bits per heavy atom. The molecule has 0 unspecified atom stereocenters. The van der Waals surface area contributed by atoms with Crippen LogP contribution in [0.1, 0.15) is 56.7 Å². The number of hydrogen-bond acceptors (Lipinski definition) is 4. The summed E-state index contributed by atoms with van der Waals surface area (Å²) < 4.78 is 19.4. The Kier molecular flexibility index (Phi) is 5.53. The number of hydrogen-bond donors (Lipinski definition) is 0. The van der Waals surface area contributed by atoms with Gasteiger partial charge < -0.3 is 14.2 Å². The van der Waals surface area contributed by atoms with E-state index in [0.717, 1.165) is 11.1 Å². The number of rotatable bonds is 3. The Bertz CT molecular complexity index is 1180. The van der Waals surface area contributed by atoms with E-state index in [2.05, 4.69) is 13.8 Å². The number of carbonyl (C=O) groups excluding carboxylic acids is 2. The van der Waals surface area contributed by atoms with E-state index in [0.29, 0.717) is 36.4 Å². The Morgan fingerprint density at radius 1 is 1.12 bits per heavy atom. The molecule has 7 heteroatoms. The number of aromatic nitrogens is 1. The van der Waals surface area contributed by atoms with Gasteiger partial charge in [-0.25, -0.2) is 9.37 Å². The van der Waals surface area contributed by atoms with E-state index in [4.69, 9.17) is 9.40 Å². The molecule has 0 spiro atoms. The Hall–Kier alpha value is -3.22. The van der Waals surface area contributed by atoms with Crippen molar-refractivity contribution in [3.05, 3.63) is 53.5 Å². The number of halogens is 1. The molecule has 6 nitrogen and oxygen atoms in total. The van der Waals surface area contributed by atoms with Crippen LogP contribution in [0, 0.1) is 5.82 Å². The van der Waals surface area contributed by atoms with Crippen molar-refractivity contribution in [2.75, 3.05) is 19.6 Å². The zero-order valence-corrected chi connectivity index (χ0v) is 19.1. The van der Waals surface area contributed by atoms with Crippen molar-refractivity contribution in [3.8, 4) is 11.3 Å². The summed E-state index contributed by atoms with van der Waals surface area (Å²) in [5.41, 5.74) is 3.11. The molecule has 1 fully saturated rings. The summed E-state index contributed by atoms with van der Waals surface area (Å²) >= 11 is 0. The molecular weight excluding hydrogens is 409 g/mol. The fourth-order valence-electron chi connectivity index (χ4n) is 4.28. The third-order valence-corrected chi connectivity index (χ3v) is 6.07. The molecule has 168 valence electrons. The molecule has 1 saturated heterocycles. The van der Waals surface area contributed by atoms with Gasteiger partial charge in [0.2, 0.25) is 5.91 Å². The van der Waals surface area contributed by atoms with Crippen LogP contribution in [0.15, 0.2) is 40.8 Å². The number of nitrogens with zero attached hydrogens (tertiary/aromatic N) is 3. The first kappa shape index (κ1) is 22.0. The first-order valence-corrected chi connectivity index (χ1v) is 10.8. The van der Waals surface area contributed by atoms with Crippen LogP contribution >= 0.6 is 0 Å². The highest BCUT2D eigenvalue weighted by atomic mass is 19.1. The molecule has 2 aromatic heterocycles. The molecule has 0 N–H and O–H groups in total. The lowest BCUT2D eigenvalue weighted by Crippen LogP contribution is -2.61. The third-order valence-electron chi connectivity index (χ3n) is 6.07. The summed E-state index contributed by atoms with van der Waals surface area (Å²) in [5.74, 6) is -0.135. The molecule has 0 bridgehead atoms. The van der Waals surface area contributed by atoms with E-state index < -0.39 is 5.54 Å². The standard InChI is InChI=1S/C25H28FN3O3/c1-15(2)19-12-20(17-6-8-18(26)9-7-17)27-21-13-22(32-23(19)21)24(31)29-11-10-28(16(3)30)14-25(29,4)5/h6-9,12-13,15H,10-11,14H2,1-5H3. The average Bonchev–Trinajstić information content (AvgIpc) is 3.16. The average molecular weight is 438 g/mol. The van der Waals surface area contributed by atoms with Gasteiger partial charge in [0, 0.05) is 43.8 Å². The van der Waals surface area contributed by atoms with Gasteiger partial charge in [-0.1, -0.05) is 13.8 Å². The molecule has 32 heavy (non-hydrogen) atoms. The van der Waals surface area contributed by atoms with Crippen LogP contribution in [0.3, 0.4) is 0 Å². The number of piperazine rings is 1. The smallest absolute Gasteiger partial charge is 0.290 e. The number of benzene rings is 1. The maximum absolute atomic E-state index is 13.4. The van der Waals surface area contributed by atoms with Gasteiger partial charge in [-0.05, 0) is 50.1 Å². The molecule has 1 aliphatic rings. The van der Waals surface area contributed by atoms with Crippen molar-refractivity contribution in [3.63, 3.8) is 0 Å². The van der Waals surface area contributed by atoms with Gasteiger partial charge in [-0.15, -0.1) is 0 Å². The molecule has 0 saturated carbocycles. The minimum absolute atomic E-state index is 0.00742. The lowest BCUT2D eigenvalue weighted by atomic mass is 9.98. The van der Waals surface area contributed by atoms with Crippen LogP contribution in [0.4, 0.5) is 4.39 Å². The van der Waals surface area contributed by atoms with Crippen LogP contribution in [0.25, 0.3) is 22.4 Å². The molecule has 0 radical (unpaired) electrons. The SMILES string of the molecule is CC(=O)N1CCN(C(=O)c2cc3nc(-c4ccc(F)cc4)cc(C(C)C)c3o2)C(C)(C)C1. The second kappa shape index (κ2) is 8.04. The normalized spacial score (nSPS) is 16.1. The van der Waals surface area contributed by atoms with Gasteiger partial charge in [0.15, 0.2) is 11.3 Å². The van der Waals surface area contributed by atoms with E-state index in [1.807, 2.05) is 19.9 Å². The zero-order chi connectivity index (χ0) is 23.2. The van der Waals surface area contributed by atoms with Crippen molar-refractivity contribution in [2.45, 2.75) is 46.1 Å². The van der Waals surface area contributed by atoms with Gasteiger partial charge in [-0.3, -0.25) is 9.59 Å². The molecule has 3 heterocycles. The van der Waals surface area contributed by atoms with Crippen molar-refractivity contribution >= 4 is 22.9 Å². The highest BCUT2D eigenvalue weighted by Gasteiger charge is 2.39. The fraction of sp³-hybridized carbons (Fsp3) is 0.400. The highest BCUT2D eigenvalue weighted by Crippen LogP contribution is 2.33. The fourth-order valence-corrected chi connectivity index (χ4v) is 4.28. The molecule has 0 atom stereocenters. The minimum atomic E-state index is -0.520. The largest absolute Gasteiger partial charge is 0.449 e. The zero-order valence-electron chi connectivity index (χ0n) is 19.1. The van der Waals surface area contributed by atoms with Gasteiger partial charge in [0.1, 0.15) is 11.3 Å².